The van der Waals surface area contributed by atoms with Gasteiger partial charge in [0.2, 0.25) is 0 Å². The van der Waals surface area contributed by atoms with E-state index in [1.165, 1.54) is 11.1 Å². The van der Waals surface area contributed by atoms with Crippen molar-refractivity contribution in [3.8, 4) is 5.75 Å². The molecule has 0 radical (unpaired) electrons. The number of methoxy groups -OCH3 is 2. The fourth-order valence-electron chi connectivity index (χ4n) is 2.13. The number of benzene rings is 1. The fourth-order valence-corrected chi connectivity index (χ4v) is 2.13. The number of nitrogens with two attached hydrogens (primary N) is 1. The third-order valence-corrected chi connectivity index (χ3v) is 3.02. The van der Waals surface area contributed by atoms with Crippen LogP contribution < -0.4 is 10.5 Å². The Hall–Kier alpha value is -1.06. The second kappa shape index (κ2) is 5.72. The fraction of sp³-hybridized carbons (Fsp3) is 0.600. The van der Waals surface area contributed by atoms with Crippen LogP contribution in [0.25, 0.3) is 0 Å². The van der Waals surface area contributed by atoms with Gasteiger partial charge in [-0.3, -0.25) is 0 Å². The van der Waals surface area contributed by atoms with Crippen molar-refractivity contribution in [2.75, 3.05) is 20.8 Å². The van der Waals surface area contributed by atoms with E-state index in [0.29, 0.717) is 6.61 Å². The molecule has 1 atom stereocenters. The molecule has 0 heterocycles. The van der Waals surface area contributed by atoms with Gasteiger partial charge in [-0.15, -0.1) is 0 Å². The predicted molar refractivity (Wildman–Crippen MR) is 75.2 cm³/mol. The minimum absolute atomic E-state index is 0.0267. The molecule has 3 heteroatoms. The highest BCUT2D eigenvalue weighted by Gasteiger charge is 2.23. The summed E-state index contributed by atoms with van der Waals surface area (Å²) in [7, 11) is 3.36. The zero-order valence-corrected chi connectivity index (χ0v) is 12.3. The summed E-state index contributed by atoms with van der Waals surface area (Å²) in [6, 6.07) is 4.09. The molecule has 0 fully saturated rings. The monoisotopic (exact) mass is 251 g/mol. The van der Waals surface area contributed by atoms with E-state index < -0.39 is 0 Å². The summed E-state index contributed by atoms with van der Waals surface area (Å²) >= 11 is 0. The molecular weight excluding hydrogens is 226 g/mol. The Morgan fingerprint density at radius 3 is 2.28 bits per heavy atom. The van der Waals surface area contributed by atoms with Crippen LogP contribution in [0.4, 0.5) is 0 Å². The van der Waals surface area contributed by atoms with Gasteiger partial charge in [-0.2, -0.15) is 0 Å². The van der Waals surface area contributed by atoms with Crippen molar-refractivity contribution in [2.24, 2.45) is 5.73 Å². The molecule has 0 saturated heterocycles. The lowest BCUT2D eigenvalue weighted by molar-refractivity contribution is 0.179. The quantitative estimate of drug-likeness (QED) is 0.894. The van der Waals surface area contributed by atoms with Crippen molar-refractivity contribution in [1.82, 2.24) is 0 Å². The molecule has 1 unspecified atom stereocenters. The Morgan fingerprint density at radius 2 is 1.83 bits per heavy atom. The molecule has 2 N–H and O–H groups in total. The lowest BCUT2D eigenvalue weighted by Crippen LogP contribution is -2.20. The van der Waals surface area contributed by atoms with Crippen molar-refractivity contribution in [3.05, 3.63) is 28.8 Å². The van der Waals surface area contributed by atoms with Gasteiger partial charge in [0.1, 0.15) is 5.75 Å². The first-order valence-electron chi connectivity index (χ1n) is 6.24. The Balaban J connectivity index is 3.38. The predicted octanol–water partition coefficient (Wildman–Crippen LogP) is 2.95. The van der Waals surface area contributed by atoms with E-state index in [-0.39, 0.29) is 11.5 Å². The van der Waals surface area contributed by atoms with Gasteiger partial charge < -0.3 is 15.2 Å². The molecule has 18 heavy (non-hydrogen) atoms. The van der Waals surface area contributed by atoms with Crippen molar-refractivity contribution in [2.45, 2.75) is 39.2 Å². The zero-order chi connectivity index (χ0) is 13.9. The minimum Gasteiger partial charge on any atom is -0.496 e. The van der Waals surface area contributed by atoms with Gasteiger partial charge in [0.05, 0.1) is 19.8 Å². The Kier molecular flexibility index (Phi) is 4.77. The topological polar surface area (TPSA) is 44.5 Å². The summed E-state index contributed by atoms with van der Waals surface area (Å²) in [5.74, 6) is 0.887. The first-order chi connectivity index (χ1) is 8.31. The van der Waals surface area contributed by atoms with Gasteiger partial charge in [0.25, 0.3) is 0 Å². The average Bonchev–Trinajstić information content (AvgIpc) is 2.27. The summed E-state index contributed by atoms with van der Waals surface area (Å²) in [4.78, 5) is 0. The summed E-state index contributed by atoms with van der Waals surface area (Å²) in [6.45, 7) is 9.10. The van der Waals surface area contributed by atoms with Gasteiger partial charge >= 0.3 is 0 Å². The van der Waals surface area contributed by atoms with E-state index in [2.05, 4.69) is 39.8 Å². The number of ether oxygens (including phenoxy) is 2. The number of aryl methyl sites for hydroxylation is 1. The second-order valence-corrected chi connectivity index (χ2v) is 5.75. The molecule has 0 saturated carbocycles. The van der Waals surface area contributed by atoms with E-state index >= 15 is 0 Å². The highest BCUT2D eigenvalue weighted by atomic mass is 16.5. The molecule has 0 spiro atoms. The van der Waals surface area contributed by atoms with Gasteiger partial charge in [0.15, 0.2) is 0 Å². The lowest BCUT2D eigenvalue weighted by Gasteiger charge is -2.26. The molecule has 0 bridgehead atoms. The Bertz CT molecular complexity index is 408. The van der Waals surface area contributed by atoms with Gasteiger partial charge in [-0.25, -0.2) is 0 Å². The van der Waals surface area contributed by atoms with Crippen LogP contribution in [0.5, 0.6) is 5.75 Å². The highest BCUT2D eigenvalue weighted by molar-refractivity contribution is 5.49. The van der Waals surface area contributed by atoms with Gasteiger partial charge in [-0.05, 0) is 12.3 Å². The van der Waals surface area contributed by atoms with E-state index in [1.54, 1.807) is 14.2 Å². The van der Waals surface area contributed by atoms with E-state index in [4.69, 9.17) is 15.2 Å². The zero-order valence-electron chi connectivity index (χ0n) is 12.3. The maximum atomic E-state index is 6.16. The Labute approximate surface area is 110 Å². The molecular formula is C15H25NO2. The molecule has 0 amide bonds. The summed E-state index contributed by atoms with van der Waals surface area (Å²) in [6.07, 6.45) is 0. The number of hydrogen-bond donors (Lipinski definition) is 1. The first-order valence-corrected chi connectivity index (χ1v) is 6.24. The van der Waals surface area contributed by atoms with Crippen LogP contribution in [0.15, 0.2) is 12.1 Å². The van der Waals surface area contributed by atoms with Crippen molar-refractivity contribution < 1.29 is 9.47 Å². The molecule has 1 aromatic rings. The number of rotatable bonds is 4. The van der Waals surface area contributed by atoms with Crippen molar-refractivity contribution in [1.29, 1.82) is 0 Å². The minimum atomic E-state index is -0.161. The standard InChI is InChI=1S/C15H25NO2/c1-10-7-11(13(16)9-17-5)14(18-6)12(8-10)15(2,3)4/h7-8,13H,9,16H2,1-6H3. The molecule has 0 aromatic heterocycles. The SMILES string of the molecule is COCC(N)c1cc(C)cc(C(C)(C)C)c1OC. The molecule has 1 rings (SSSR count). The normalized spacial score (nSPS) is 13.5. The van der Waals surface area contributed by atoms with Crippen LogP contribution in [0.3, 0.4) is 0 Å². The molecule has 0 aliphatic heterocycles. The van der Waals surface area contributed by atoms with Gasteiger partial charge in [-0.1, -0.05) is 38.5 Å². The smallest absolute Gasteiger partial charge is 0.127 e. The van der Waals surface area contributed by atoms with Crippen molar-refractivity contribution in [3.63, 3.8) is 0 Å². The maximum absolute atomic E-state index is 6.16. The van der Waals surface area contributed by atoms with Crippen LogP contribution in [0.1, 0.15) is 43.5 Å². The average molecular weight is 251 g/mol. The molecule has 1 aromatic carbocycles. The van der Waals surface area contributed by atoms with Crippen molar-refractivity contribution >= 4 is 0 Å². The van der Waals surface area contributed by atoms with Crippen LogP contribution >= 0.6 is 0 Å². The van der Waals surface area contributed by atoms with Gasteiger partial charge in [0, 0.05) is 18.2 Å². The number of hydrogen-bond acceptors (Lipinski definition) is 3. The van der Waals surface area contributed by atoms with Crippen LogP contribution in [-0.4, -0.2) is 20.8 Å². The molecule has 0 aliphatic carbocycles. The highest BCUT2D eigenvalue weighted by Crippen LogP contribution is 2.37. The lowest BCUT2D eigenvalue weighted by atomic mass is 9.83. The summed E-state index contributed by atoms with van der Waals surface area (Å²) < 4.78 is 10.7. The molecule has 3 nitrogen and oxygen atoms in total. The third kappa shape index (κ3) is 3.24. The molecule has 0 aliphatic rings. The maximum Gasteiger partial charge on any atom is 0.127 e. The van der Waals surface area contributed by atoms with E-state index in [9.17, 15) is 0 Å². The van der Waals surface area contributed by atoms with Crippen LogP contribution in [0.2, 0.25) is 0 Å². The first kappa shape index (κ1) is 15.0. The summed E-state index contributed by atoms with van der Waals surface area (Å²) in [5.41, 5.74) is 9.59. The third-order valence-electron chi connectivity index (χ3n) is 3.02. The largest absolute Gasteiger partial charge is 0.496 e. The van der Waals surface area contributed by atoms with Crippen LogP contribution in [0, 0.1) is 6.92 Å². The van der Waals surface area contributed by atoms with E-state index in [0.717, 1.165) is 11.3 Å². The Morgan fingerprint density at radius 1 is 1.22 bits per heavy atom. The van der Waals surface area contributed by atoms with Crippen LogP contribution in [-0.2, 0) is 10.2 Å². The second-order valence-electron chi connectivity index (χ2n) is 5.75. The molecule has 102 valence electrons. The van der Waals surface area contributed by atoms with E-state index in [1.807, 2.05) is 0 Å². The summed E-state index contributed by atoms with van der Waals surface area (Å²) in [5, 5.41) is 0.